The molecule has 2 amide bonds. The summed E-state index contributed by atoms with van der Waals surface area (Å²) in [6, 6.07) is 12.9. The lowest BCUT2D eigenvalue weighted by Crippen LogP contribution is -2.28. The van der Waals surface area contributed by atoms with Gasteiger partial charge in [-0.1, -0.05) is 39.7 Å². The average molecular weight is 408 g/mol. The van der Waals surface area contributed by atoms with E-state index in [1.165, 1.54) is 0 Å². The van der Waals surface area contributed by atoms with Crippen LogP contribution in [0.2, 0.25) is 5.02 Å². The third-order valence-corrected chi connectivity index (χ3v) is 4.96. The van der Waals surface area contributed by atoms with Crippen LogP contribution in [0.1, 0.15) is 12.0 Å². The van der Waals surface area contributed by atoms with Gasteiger partial charge in [-0.3, -0.25) is 9.59 Å². The molecule has 124 valence electrons. The Morgan fingerprint density at radius 3 is 2.79 bits per heavy atom. The second-order valence-electron chi connectivity index (χ2n) is 5.84. The van der Waals surface area contributed by atoms with Gasteiger partial charge in [0, 0.05) is 33.8 Å². The Balaban J connectivity index is 1.72. The summed E-state index contributed by atoms with van der Waals surface area (Å²) in [6.07, 6.45) is 0.200. The molecule has 1 N–H and O–H groups in total. The van der Waals surface area contributed by atoms with E-state index in [1.807, 2.05) is 43.3 Å². The van der Waals surface area contributed by atoms with Gasteiger partial charge in [-0.2, -0.15) is 0 Å². The number of hydrogen-bond acceptors (Lipinski definition) is 2. The Morgan fingerprint density at radius 2 is 2.08 bits per heavy atom. The van der Waals surface area contributed by atoms with Crippen molar-refractivity contribution < 1.29 is 9.59 Å². The fourth-order valence-electron chi connectivity index (χ4n) is 2.69. The van der Waals surface area contributed by atoms with Crippen molar-refractivity contribution in [2.75, 3.05) is 16.8 Å². The number of amides is 2. The summed E-state index contributed by atoms with van der Waals surface area (Å²) in [4.78, 5) is 26.3. The predicted octanol–water partition coefficient (Wildman–Crippen LogP) is 4.40. The van der Waals surface area contributed by atoms with Gasteiger partial charge in [-0.05, 0) is 42.8 Å². The number of nitrogens with one attached hydrogen (secondary N) is 1. The Hall–Kier alpha value is -1.85. The highest BCUT2D eigenvalue weighted by molar-refractivity contribution is 9.10. The molecule has 1 aliphatic heterocycles. The van der Waals surface area contributed by atoms with Gasteiger partial charge in [0.25, 0.3) is 0 Å². The predicted molar refractivity (Wildman–Crippen MR) is 99.4 cm³/mol. The average Bonchev–Trinajstić information content (AvgIpc) is 2.92. The Bertz CT molecular complexity index is 809. The lowest BCUT2D eigenvalue weighted by molar-refractivity contribution is -0.122. The first-order valence-electron chi connectivity index (χ1n) is 7.57. The van der Waals surface area contributed by atoms with Crippen molar-refractivity contribution in [2.45, 2.75) is 13.3 Å². The highest BCUT2D eigenvalue weighted by Crippen LogP contribution is 2.29. The van der Waals surface area contributed by atoms with Crippen LogP contribution in [0.4, 0.5) is 11.4 Å². The molecule has 0 spiro atoms. The molecule has 2 aromatic carbocycles. The number of carbonyl (C=O) groups excluding carboxylic acids is 2. The molecule has 0 unspecified atom stereocenters. The molecule has 24 heavy (non-hydrogen) atoms. The van der Waals surface area contributed by atoms with E-state index in [1.54, 1.807) is 11.0 Å². The molecule has 0 radical (unpaired) electrons. The maximum absolute atomic E-state index is 12.4. The molecule has 0 bridgehead atoms. The fourth-order valence-corrected chi connectivity index (χ4v) is 3.27. The number of benzene rings is 2. The van der Waals surface area contributed by atoms with E-state index >= 15 is 0 Å². The van der Waals surface area contributed by atoms with E-state index in [2.05, 4.69) is 21.2 Å². The summed E-state index contributed by atoms with van der Waals surface area (Å²) in [5.74, 6) is -0.594. The molecule has 1 heterocycles. The largest absolute Gasteiger partial charge is 0.326 e. The number of aryl methyl sites for hydroxylation is 1. The first-order valence-corrected chi connectivity index (χ1v) is 8.74. The van der Waals surface area contributed by atoms with E-state index in [4.69, 9.17) is 11.6 Å². The third-order valence-electron chi connectivity index (χ3n) is 4.06. The van der Waals surface area contributed by atoms with Gasteiger partial charge in [0.2, 0.25) is 11.8 Å². The number of halogens is 2. The zero-order chi connectivity index (χ0) is 17.3. The molecule has 0 aromatic heterocycles. The zero-order valence-corrected chi connectivity index (χ0v) is 15.4. The quantitative estimate of drug-likeness (QED) is 0.819. The summed E-state index contributed by atoms with van der Waals surface area (Å²) in [5.41, 5.74) is 2.39. The van der Waals surface area contributed by atoms with E-state index in [9.17, 15) is 9.59 Å². The summed E-state index contributed by atoms with van der Waals surface area (Å²) >= 11 is 9.51. The monoisotopic (exact) mass is 406 g/mol. The lowest BCUT2D eigenvalue weighted by atomic mass is 10.1. The minimum absolute atomic E-state index is 0.0655. The standard InChI is InChI=1S/C18H16BrClN2O2/c1-11-5-6-15(9-16(11)20)22-10-12(7-17(22)23)18(24)21-14-4-2-3-13(19)8-14/h2-6,8-9,12H,7,10H2,1H3,(H,21,24)/t12-/m1/s1. The van der Waals surface area contributed by atoms with Crippen LogP contribution < -0.4 is 10.2 Å². The van der Waals surface area contributed by atoms with E-state index in [-0.39, 0.29) is 24.2 Å². The number of carbonyl (C=O) groups is 2. The van der Waals surface area contributed by atoms with Crippen LogP contribution in [0.15, 0.2) is 46.9 Å². The Kier molecular flexibility index (Phi) is 4.92. The SMILES string of the molecule is Cc1ccc(N2C[C@H](C(=O)Nc3cccc(Br)c3)CC2=O)cc1Cl. The van der Waals surface area contributed by atoms with E-state index in [0.29, 0.717) is 17.3 Å². The lowest BCUT2D eigenvalue weighted by Gasteiger charge is -2.17. The van der Waals surface area contributed by atoms with Gasteiger partial charge in [0.05, 0.1) is 5.92 Å². The summed E-state index contributed by atoms with van der Waals surface area (Å²) in [6.45, 7) is 2.27. The minimum Gasteiger partial charge on any atom is -0.326 e. The van der Waals surface area contributed by atoms with Crippen LogP contribution in [-0.2, 0) is 9.59 Å². The van der Waals surface area contributed by atoms with Crippen LogP contribution in [0.5, 0.6) is 0 Å². The van der Waals surface area contributed by atoms with Crippen molar-refractivity contribution >= 4 is 50.7 Å². The molecule has 1 aliphatic rings. The highest BCUT2D eigenvalue weighted by Gasteiger charge is 2.35. The summed E-state index contributed by atoms with van der Waals surface area (Å²) in [7, 11) is 0. The van der Waals surface area contributed by atoms with Crippen molar-refractivity contribution in [2.24, 2.45) is 5.92 Å². The molecular formula is C18H16BrClN2O2. The van der Waals surface area contributed by atoms with Gasteiger partial charge >= 0.3 is 0 Å². The van der Waals surface area contributed by atoms with E-state index < -0.39 is 0 Å². The molecule has 0 aliphatic carbocycles. The number of rotatable bonds is 3. The Morgan fingerprint density at radius 1 is 1.29 bits per heavy atom. The molecule has 1 fully saturated rings. The molecule has 3 rings (SSSR count). The van der Waals surface area contributed by atoms with E-state index in [0.717, 1.165) is 15.7 Å². The minimum atomic E-state index is -0.378. The van der Waals surface area contributed by atoms with Crippen LogP contribution in [0.25, 0.3) is 0 Å². The summed E-state index contributed by atoms with van der Waals surface area (Å²) < 4.78 is 0.888. The maximum atomic E-state index is 12.4. The van der Waals surface area contributed by atoms with Crippen molar-refractivity contribution in [3.63, 3.8) is 0 Å². The van der Waals surface area contributed by atoms with Gasteiger partial charge in [0.15, 0.2) is 0 Å². The topological polar surface area (TPSA) is 49.4 Å². The van der Waals surface area contributed by atoms with Crippen molar-refractivity contribution in [1.29, 1.82) is 0 Å². The fraction of sp³-hybridized carbons (Fsp3) is 0.222. The Labute approximate surface area is 153 Å². The van der Waals surface area contributed by atoms with Crippen LogP contribution in [0.3, 0.4) is 0 Å². The molecule has 1 atom stereocenters. The highest BCUT2D eigenvalue weighted by atomic mass is 79.9. The first-order chi connectivity index (χ1) is 11.4. The smallest absolute Gasteiger partial charge is 0.229 e. The van der Waals surface area contributed by atoms with Gasteiger partial charge in [-0.15, -0.1) is 0 Å². The number of nitrogens with zero attached hydrogens (tertiary/aromatic N) is 1. The van der Waals surface area contributed by atoms with Crippen molar-refractivity contribution in [1.82, 2.24) is 0 Å². The molecular weight excluding hydrogens is 392 g/mol. The first kappa shape index (κ1) is 17.0. The van der Waals surface area contributed by atoms with Crippen LogP contribution in [0, 0.1) is 12.8 Å². The van der Waals surface area contributed by atoms with Crippen LogP contribution in [-0.4, -0.2) is 18.4 Å². The van der Waals surface area contributed by atoms with Crippen molar-refractivity contribution in [3.05, 3.63) is 57.5 Å². The molecule has 6 heteroatoms. The van der Waals surface area contributed by atoms with Gasteiger partial charge in [0.1, 0.15) is 0 Å². The molecule has 2 aromatic rings. The number of hydrogen-bond donors (Lipinski definition) is 1. The van der Waals surface area contributed by atoms with Crippen molar-refractivity contribution in [3.8, 4) is 0 Å². The molecule has 1 saturated heterocycles. The molecule has 0 saturated carbocycles. The molecule has 4 nitrogen and oxygen atoms in total. The summed E-state index contributed by atoms with van der Waals surface area (Å²) in [5, 5.41) is 3.48. The second kappa shape index (κ2) is 6.95. The normalized spacial score (nSPS) is 17.2. The second-order valence-corrected chi connectivity index (χ2v) is 7.16. The third kappa shape index (κ3) is 3.62. The number of anilines is 2. The van der Waals surface area contributed by atoms with Gasteiger partial charge < -0.3 is 10.2 Å². The van der Waals surface area contributed by atoms with Gasteiger partial charge in [-0.25, -0.2) is 0 Å². The maximum Gasteiger partial charge on any atom is 0.229 e. The zero-order valence-electron chi connectivity index (χ0n) is 13.1. The van der Waals surface area contributed by atoms with Crippen LogP contribution >= 0.6 is 27.5 Å².